The molecule has 0 N–H and O–H groups in total. The van der Waals surface area contributed by atoms with Crippen molar-refractivity contribution in [1.82, 2.24) is 0 Å². The number of benzene rings is 2. The van der Waals surface area contributed by atoms with Crippen LogP contribution < -0.4 is 0 Å². The summed E-state index contributed by atoms with van der Waals surface area (Å²) < 4.78 is 5.36. The van der Waals surface area contributed by atoms with E-state index in [1.165, 1.54) is 0 Å². The molecule has 0 fully saturated rings. The first kappa shape index (κ1) is 17.2. The van der Waals surface area contributed by atoms with Gasteiger partial charge < -0.3 is 4.74 Å². The van der Waals surface area contributed by atoms with Crippen LogP contribution in [0.4, 0.5) is 0 Å². The van der Waals surface area contributed by atoms with Crippen LogP contribution in [0.15, 0.2) is 66.7 Å². The van der Waals surface area contributed by atoms with Gasteiger partial charge in [0.2, 0.25) is 0 Å². The SMILES string of the molecule is CC(C)OC(=O)[C@H]1C(=O)C=C(c2ccccc2)C[C@@H]1c1ccccc1. The minimum Gasteiger partial charge on any atom is -0.462 e. The highest BCUT2D eigenvalue weighted by molar-refractivity contribution is 6.10. The smallest absolute Gasteiger partial charge is 0.317 e. The molecule has 0 saturated carbocycles. The summed E-state index contributed by atoms with van der Waals surface area (Å²) in [5, 5.41) is 0. The molecule has 0 aromatic heterocycles. The van der Waals surface area contributed by atoms with Gasteiger partial charge in [0, 0.05) is 5.92 Å². The van der Waals surface area contributed by atoms with Crippen molar-refractivity contribution < 1.29 is 14.3 Å². The van der Waals surface area contributed by atoms with Crippen molar-refractivity contribution in [2.24, 2.45) is 5.92 Å². The largest absolute Gasteiger partial charge is 0.462 e. The summed E-state index contributed by atoms with van der Waals surface area (Å²) in [5.74, 6) is -1.60. The lowest BCUT2D eigenvalue weighted by Crippen LogP contribution is -2.35. The number of allylic oxidation sites excluding steroid dienone is 2. The standard InChI is InChI=1S/C22H22O3/c1-15(2)25-22(24)21-19(17-11-7-4-8-12-17)13-18(14-20(21)23)16-9-5-3-6-10-16/h3-12,14-15,19,21H,13H2,1-2H3/t19-,21-/m1/s1. The Kier molecular flexibility index (Phi) is 5.13. The van der Waals surface area contributed by atoms with Crippen molar-refractivity contribution in [3.05, 3.63) is 77.9 Å². The molecule has 0 aliphatic heterocycles. The fourth-order valence-corrected chi connectivity index (χ4v) is 3.32. The maximum atomic E-state index is 12.8. The molecule has 128 valence electrons. The zero-order valence-electron chi connectivity index (χ0n) is 14.5. The molecule has 2 atom stereocenters. The van der Waals surface area contributed by atoms with Crippen LogP contribution in [0.1, 0.15) is 37.3 Å². The second kappa shape index (κ2) is 7.47. The number of carbonyl (C=O) groups is 2. The van der Waals surface area contributed by atoms with Crippen LogP contribution in [-0.4, -0.2) is 17.9 Å². The maximum absolute atomic E-state index is 12.8. The molecule has 0 spiro atoms. The lowest BCUT2D eigenvalue weighted by atomic mass is 9.73. The summed E-state index contributed by atoms with van der Waals surface area (Å²) in [6, 6.07) is 19.6. The molecule has 25 heavy (non-hydrogen) atoms. The molecule has 0 bridgehead atoms. The Hall–Kier alpha value is -2.68. The van der Waals surface area contributed by atoms with E-state index in [0.717, 1.165) is 16.7 Å². The Morgan fingerprint density at radius 3 is 2.20 bits per heavy atom. The lowest BCUT2D eigenvalue weighted by molar-refractivity contribution is -0.155. The number of ketones is 1. The Labute approximate surface area is 148 Å². The normalized spacial score (nSPS) is 20.3. The van der Waals surface area contributed by atoms with E-state index in [1.54, 1.807) is 19.9 Å². The molecule has 2 aromatic rings. The molecule has 0 amide bonds. The maximum Gasteiger partial charge on any atom is 0.317 e. The first-order chi connectivity index (χ1) is 12.1. The van der Waals surface area contributed by atoms with Crippen LogP contribution in [-0.2, 0) is 14.3 Å². The van der Waals surface area contributed by atoms with Gasteiger partial charge in [0.1, 0.15) is 5.92 Å². The molecule has 2 aromatic carbocycles. The minimum atomic E-state index is -0.780. The van der Waals surface area contributed by atoms with Crippen LogP contribution in [0, 0.1) is 5.92 Å². The summed E-state index contributed by atoms with van der Waals surface area (Å²) in [4.78, 5) is 25.4. The average molecular weight is 334 g/mol. The van der Waals surface area contributed by atoms with Crippen molar-refractivity contribution in [2.75, 3.05) is 0 Å². The first-order valence-corrected chi connectivity index (χ1v) is 8.61. The fourth-order valence-electron chi connectivity index (χ4n) is 3.32. The summed E-state index contributed by atoms with van der Waals surface area (Å²) in [7, 11) is 0. The molecule has 0 unspecified atom stereocenters. The monoisotopic (exact) mass is 334 g/mol. The second-order valence-corrected chi connectivity index (χ2v) is 6.62. The number of hydrogen-bond acceptors (Lipinski definition) is 3. The van der Waals surface area contributed by atoms with Gasteiger partial charge in [0.05, 0.1) is 6.10 Å². The number of rotatable bonds is 4. The van der Waals surface area contributed by atoms with Gasteiger partial charge in [0.15, 0.2) is 5.78 Å². The third-order valence-corrected chi connectivity index (χ3v) is 4.44. The Morgan fingerprint density at radius 1 is 1.00 bits per heavy atom. The van der Waals surface area contributed by atoms with Gasteiger partial charge in [-0.1, -0.05) is 60.7 Å². The van der Waals surface area contributed by atoms with Crippen LogP contribution in [0.2, 0.25) is 0 Å². The van der Waals surface area contributed by atoms with E-state index in [9.17, 15) is 9.59 Å². The summed E-state index contributed by atoms with van der Waals surface area (Å²) in [6.45, 7) is 3.60. The molecule has 0 saturated heterocycles. The van der Waals surface area contributed by atoms with E-state index in [2.05, 4.69) is 0 Å². The van der Waals surface area contributed by atoms with E-state index in [4.69, 9.17) is 4.74 Å². The molecule has 1 aliphatic rings. The van der Waals surface area contributed by atoms with Gasteiger partial charge in [0.25, 0.3) is 0 Å². The van der Waals surface area contributed by atoms with E-state index in [0.29, 0.717) is 6.42 Å². The quantitative estimate of drug-likeness (QED) is 0.615. The highest BCUT2D eigenvalue weighted by atomic mass is 16.5. The number of carbonyl (C=O) groups excluding carboxylic acids is 2. The molecule has 3 heteroatoms. The van der Waals surface area contributed by atoms with E-state index in [1.807, 2.05) is 60.7 Å². The van der Waals surface area contributed by atoms with E-state index in [-0.39, 0.29) is 17.8 Å². The molecule has 3 nitrogen and oxygen atoms in total. The van der Waals surface area contributed by atoms with Gasteiger partial charge in [-0.2, -0.15) is 0 Å². The third-order valence-electron chi connectivity index (χ3n) is 4.44. The van der Waals surface area contributed by atoms with E-state index < -0.39 is 11.9 Å². The van der Waals surface area contributed by atoms with Gasteiger partial charge in [-0.25, -0.2) is 0 Å². The van der Waals surface area contributed by atoms with Crippen LogP contribution in [0.5, 0.6) is 0 Å². The minimum absolute atomic E-state index is 0.176. The predicted molar refractivity (Wildman–Crippen MR) is 97.9 cm³/mol. The van der Waals surface area contributed by atoms with Crippen LogP contribution in [0.25, 0.3) is 5.57 Å². The highest BCUT2D eigenvalue weighted by Gasteiger charge is 2.40. The Morgan fingerprint density at radius 2 is 1.60 bits per heavy atom. The number of esters is 1. The van der Waals surface area contributed by atoms with Gasteiger partial charge in [-0.05, 0) is 43.0 Å². The Bertz CT molecular complexity index is 775. The van der Waals surface area contributed by atoms with Crippen LogP contribution in [0.3, 0.4) is 0 Å². The molecule has 0 radical (unpaired) electrons. The summed E-state index contributed by atoms with van der Waals surface area (Å²) >= 11 is 0. The molecular formula is C22H22O3. The predicted octanol–water partition coefficient (Wildman–Crippen LogP) is 4.39. The highest BCUT2D eigenvalue weighted by Crippen LogP contribution is 2.40. The molecule has 0 heterocycles. The molecule has 3 rings (SSSR count). The van der Waals surface area contributed by atoms with Crippen molar-refractivity contribution in [1.29, 1.82) is 0 Å². The number of ether oxygens (including phenoxy) is 1. The van der Waals surface area contributed by atoms with Crippen molar-refractivity contribution in [3.63, 3.8) is 0 Å². The molecule has 1 aliphatic carbocycles. The fraction of sp³-hybridized carbons (Fsp3) is 0.273. The number of hydrogen-bond donors (Lipinski definition) is 0. The van der Waals surface area contributed by atoms with Crippen molar-refractivity contribution >= 4 is 17.3 Å². The van der Waals surface area contributed by atoms with Gasteiger partial charge >= 0.3 is 5.97 Å². The van der Waals surface area contributed by atoms with Gasteiger partial charge in [-0.3, -0.25) is 9.59 Å². The second-order valence-electron chi connectivity index (χ2n) is 6.62. The zero-order valence-corrected chi connectivity index (χ0v) is 14.5. The lowest BCUT2D eigenvalue weighted by Gasteiger charge is -2.30. The summed E-state index contributed by atoms with van der Waals surface area (Å²) in [5.41, 5.74) is 2.98. The van der Waals surface area contributed by atoms with Crippen LogP contribution >= 0.6 is 0 Å². The first-order valence-electron chi connectivity index (χ1n) is 8.61. The third kappa shape index (κ3) is 3.87. The summed E-state index contributed by atoms with van der Waals surface area (Å²) in [6.07, 6.45) is 2.01. The van der Waals surface area contributed by atoms with Gasteiger partial charge in [-0.15, -0.1) is 0 Å². The average Bonchev–Trinajstić information content (AvgIpc) is 2.61. The van der Waals surface area contributed by atoms with Crippen molar-refractivity contribution in [2.45, 2.75) is 32.3 Å². The van der Waals surface area contributed by atoms with E-state index >= 15 is 0 Å². The Balaban J connectivity index is 2.00. The zero-order chi connectivity index (χ0) is 17.8. The van der Waals surface area contributed by atoms with Crippen molar-refractivity contribution in [3.8, 4) is 0 Å². The topological polar surface area (TPSA) is 43.4 Å². The molecular weight excluding hydrogens is 312 g/mol.